The lowest BCUT2D eigenvalue weighted by molar-refractivity contribution is -0.127. The largest absolute Gasteiger partial charge is 0.474 e. The van der Waals surface area contributed by atoms with Crippen LogP contribution in [0.2, 0.25) is 0 Å². The van der Waals surface area contributed by atoms with E-state index in [9.17, 15) is 19.7 Å². The molecule has 0 aromatic heterocycles. The van der Waals surface area contributed by atoms with E-state index in [1.54, 1.807) is 6.08 Å². The van der Waals surface area contributed by atoms with Crippen LogP contribution in [0.3, 0.4) is 0 Å². The van der Waals surface area contributed by atoms with Gasteiger partial charge in [-0.3, -0.25) is 9.05 Å². The molecule has 8 nitrogen and oxygen atoms in total. The van der Waals surface area contributed by atoms with Gasteiger partial charge in [0, 0.05) is 0 Å². The summed E-state index contributed by atoms with van der Waals surface area (Å²) in [4.78, 5) is 9.64. The SMILES string of the molecule is CC(C)=CCC/C(C)=C\COP(=O)(O)O[C@@H]1O[C@H](CO)[C@@H](O)[C@@H]1O. The number of rotatable bonds is 9. The average Bonchev–Trinajstić information content (AvgIpc) is 2.74. The van der Waals surface area contributed by atoms with Crippen molar-refractivity contribution in [3.05, 3.63) is 23.3 Å². The fraction of sp³-hybridized carbons (Fsp3) is 0.733. The van der Waals surface area contributed by atoms with Gasteiger partial charge in [0.25, 0.3) is 0 Å². The highest BCUT2D eigenvalue weighted by atomic mass is 31.2. The van der Waals surface area contributed by atoms with E-state index in [0.29, 0.717) is 0 Å². The molecule has 140 valence electrons. The zero-order valence-electron chi connectivity index (χ0n) is 14.2. The zero-order chi connectivity index (χ0) is 18.3. The van der Waals surface area contributed by atoms with Gasteiger partial charge in [0.05, 0.1) is 13.2 Å². The lowest BCUT2D eigenvalue weighted by Crippen LogP contribution is -2.34. The van der Waals surface area contributed by atoms with Crippen molar-refractivity contribution < 1.29 is 38.6 Å². The van der Waals surface area contributed by atoms with Gasteiger partial charge in [0.15, 0.2) is 6.29 Å². The van der Waals surface area contributed by atoms with Gasteiger partial charge < -0.3 is 24.9 Å². The van der Waals surface area contributed by atoms with Crippen LogP contribution < -0.4 is 0 Å². The number of aliphatic hydroxyl groups is 3. The number of allylic oxidation sites excluding steroid dienone is 3. The first-order valence-corrected chi connectivity index (χ1v) is 9.23. The van der Waals surface area contributed by atoms with Crippen LogP contribution in [0.4, 0.5) is 0 Å². The molecule has 1 heterocycles. The van der Waals surface area contributed by atoms with Crippen LogP contribution >= 0.6 is 7.82 Å². The Balaban J connectivity index is 2.44. The maximum absolute atomic E-state index is 11.8. The number of hydrogen-bond donors (Lipinski definition) is 4. The molecule has 1 saturated heterocycles. The van der Waals surface area contributed by atoms with E-state index in [1.165, 1.54) is 5.57 Å². The summed E-state index contributed by atoms with van der Waals surface area (Å²) in [5, 5.41) is 28.2. The van der Waals surface area contributed by atoms with Crippen molar-refractivity contribution in [2.75, 3.05) is 13.2 Å². The maximum Gasteiger partial charge on any atom is 0.474 e. The quantitative estimate of drug-likeness (QED) is 0.355. The third kappa shape index (κ3) is 7.13. The van der Waals surface area contributed by atoms with Gasteiger partial charge in [-0.1, -0.05) is 23.3 Å². The number of phosphoric ester groups is 1. The first-order valence-electron chi connectivity index (χ1n) is 7.73. The minimum Gasteiger partial charge on any atom is -0.394 e. The van der Waals surface area contributed by atoms with E-state index in [0.717, 1.165) is 18.4 Å². The molecular formula is C15H27O8P. The summed E-state index contributed by atoms with van der Waals surface area (Å²) in [6.07, 6.45) is -0.134. The van der Waals surface area contributed by atoms with Crippen molar-refractivity contribution >= 4 is 7.82 Å². The minimum atomic E-state index is -4.47. The second kappa shape index (κ2) is 9.79. The second-order valence-corrected chi connectivity index (χ2v) is 7.35. The molecule has 0 aliphatic carbocycles. The van der Waals surface area contributed by atoms with Gasteiger partial charge in [0.2, 0.25) is 0 Å². The van der Waals surface area contributed by atoms with Gasteiger partial charge in [-0.05, 0) is 33.6 Å². The Labute approximate surface area is 142 Å². The Morgan fingerprint density at radius 2 is 1.88 bits per heavy atom. The third-order valence-corrected chi connectivity index (χ3v) is 4.45. The molecule has 1 unspecified atom stereocenters. The average molecular weight is 366 g/mol. The number of hydrogen-bond acceptors (Lipinski definition) is 7. The fourth-order valence-corrected chi connectivity index (χ4v) is 2.84. The van der Waals surface area contributed by atoms with Crippen molar-refractivity contribution in [2.45, 2.75) is 58.2 Å². The molecule has 0 amide bonds. The van der Waals surface area contributed by atoms with Crippen LogP contribution in [0.1, 0.15) is 33.6 Å². The molecule has 9 heteroatoms. The molecule has 1 aliphatic rings. The molecule has 0 bridgehead atoms. The molecule has 0 radical (unpaired) electrons. The van der Waals surface area contributed by atoms with Crippen LogP contribution in [0.5, 0.6) is 0 Å². The van der Waals surface area contributed by atoms with Crippen LogP contribution in [0.25, 0.3) is 0 Å². The summed E-state index contributed by atoms with van der Waals surface area (Å²) in [6.45, 7) is 5.22. The zero-order valence-corrected chi connectivity index (χ0v) is 15.1. The molecule has 4 N–H and O–H groups in total. The highest BCUT2D eigenvalue weighted by Gasteiger charge is 2.46. The van der Waals surface area contributed by atoms with Crippen molar-refractivity contribution in [1.29, 1.82) is 0 Å². The lowest BCUT2D eigenvalue weighted by Gasteiger charge is -2.18. The number of aliphatic hydroxyl groups excluding tert-OH is 3. The monoisotopic (exact) mass is 366 g/mol. The predicted molar refractivity (Wildman–Crippen MR) is 87.0 cm³/mol. The highest BCUT2D eigenvalue weighted by molar-refractivity contribution is 7.47. The Morgan fingerprint density at radius 3 is 2.42 bits per heavy atom. The molecule has 1 fully saturated rings. The molecule has 0 aromatic carbocycles. The Hall–Kier alpha value is -0.570. The first kappa shape index (κ1) is 21.5. The molecule has 0 spiro atoms. The summed E-state index contributed by atoms with van der Waals surface area (Å²) in [6, 6.07) is 0. The van der Waals surface area contributed by atoms with E-state index >= 15 is 0 Å². The number of phosphoric acid groups is 1. The predicted octanol–water partition coefficient (Wildman–Crippen LogP) is 1.25. The van der Waals surface area contributed by atoms with Gasteiger partial charge >= 0.3 is 7.82 Å². The summed E-state index contributed by atoms with van der Waals surface area (Å²) < 4.78 is 26.3. The van der Waals surface area contributed by atoms with Crippen LogP contribution in [-0.4, -0.2) is 58.0 Å². The fourth-order valence-electron chi connectivity index (χ4n) is 2.08. The van der Waals surface area contributed by atoms with Crippen LogP contribution in [0, 0.1) is 0 Å². The molecule has 1 rings (SSSR count). The smallest absolute Gasteiger partial charge is 0.394 e. The molecule has 1 aliphatic heterocycles. The van der Waals surface area contributed by atoms with E-state index in [1.807, 2.05) is 20.8 Å². The van der Waals surface area contributed by atoms with Crippen molar-refractivity contribution in [3.63, 3.8) is 0 Å². The van der Waals surface area contributed by atoms with Gasteiger partial charge in [-0.15, -0.1) is 0 Å². The second-order valence-electron chi connectivity index (χ2n) is 5.95. The van der Waals surface area contributed by atoms with E-state index < -0.39 is 39.0 Å². The molecular weight excluding hydrogens is 339 g/mol. The van der Waals surface area contributed by atoms with Crippen LogP contribution in [-0.2, 0) is 18.3 Å². The van der Waals surface area contributed by atoms with Gasteiger partial charge in [0.1, 0.15) is 18.3 Å². The Morgan fingerprint density at radius 1 is 1.21 bits per heavy atom. The van der Waals surface area contributed by atoms with E-state index in [4.69, 9.17) is 18.9 Å². The van der Waals surface area contributed by atoms with Gasteiger partial charge in [-0.25, -0.2) is 4.57 Å². The standard InChI is InChI=1S/C15H27O8P/c1-10(2)5-4-6-11(3)7-8-21-24(19,20)23-15-14(18)13(17)12(9-16)22-15/h5,7,12-18H,4,6,8-9H2,1-3H3,(H,19,20)/b11-7-/t12-,13-,14+,15+/m1/s1. The molecule has 24 heavy (non-hydrogen) atoms. The molecule has 0 saturated carbocycles. The Bertz CT molecular complexity index is 500. The topological polar surface area (TPSA) is 126 Å². The highest BCUT2D eigenvalue weighted by Crippen LogP contribution is 2.46. The minimum absolute atomic E-state index is 0.136. The normalized spacial score (nSPS) is 30.2. The van der Waals surface area contributed by atoms with E-state index in [2.05, 4.69) is 6.08 Å². The van der Waals surface area contributed by atoms with E-state index in [-0.39, 0.29) is 6.61 Å². The van der Waals surface area contributed by atoms with Crippen LogP contribution in [0.15, 0.2) is 23.3 Å². The maximum atomic E-state index is 11.8. The van der Waals surface area contributed by atoms with Crippen molar-refractivity contribution in [1.82, 2.24) is 0 Å². The summed E-state index contributed by atoms with van der Waals surface area (Å²) in [7, 11) is -4.47. The van der Waals surface area contributed by atoms with Crippen molar-refractivity contribution in [2.24, 2.45) is 0 Å². The molecule has 0 aromatic rings. The third-order valence-electron chi connectivity index (χ3n) is 3.50. The number of ether oxygens (including phenoxy) is 1. The summed E-state index contributed by atoms with van der Waals surface area (Å²) >= 11 is 0. The Kier molecular flexibility index (Phi) is 8.76. The summed E-state index contributed by atoms with van der Waals surface area (Å²) in [5.74, 6) is 0. The lowest BCUT2D eigenvalue weighted by atomic mass is 10.1. The first-order chi connectivity index (χ1) is 11.2. The van der Waals surface area contributed by atoms with Gasteiger partial charge in [-0.2, -0.15) is 0 Å². The van der Waals surface area contributed by atoms with Crippen molar-refractivity contribution in [3.8, 4) is 0 Å². The molecule has 5 atom stereocenters. The summed E-state index contributed by atoms with van der Waals surface area (Å²) in [5.41, 5.74) is 2.23.